The highest BCUT2D eigenvalue weighted by Crippen LogP contribution is 2.23. The van der Waals surface area contributed by atoms with Crippen molar-refractivity contribution in [3.05, 3.63) is 69.5 Å². The van der Waals surface area contributed by atoms with Crippen molar-refractivity contribution in [2.24, 2.45) is 0 Å². The van der Waals surface area contributed by atoms with E-state index in [1.54, 1.807) is 12.1 Å². The third kappa shape index (κ3) is 2.53. The van der Waals surface area contributed by atoms with Crippen LogP contribution in [0.4, 0.5) is 4.39 Å². The van der Waals surface area contributed by atoms with E-state index in [1.165, 1.54) is 11.5 Å². The molecule has 0 bridgehead atoms. The maximum atomic E-state index is 13.1. The highest BCUT2D eigenvalue weighted by molar-refractivity contribution is 9.10. The highest BCUT2D eigenvalue weighted by atomic mass is 79.9. The molecule has 96 valence electrons. The number of halogens is 3. The molecule has 0 aliphatic rings. The van der Waals surface area contributed by atoms with E-state index in [4.69, 9.17) is 11.6 Å². The first-order chi connectivity index (χ1) is 9.13. The zero-order valence-corrected chi connectivity index (χ0v) is 12.2. The van der Waals surface area contributed by atoms with Crippen molar-refractivity contribution in [2.75, 3.05) is 0 Å². The third-order valence-corrected chi connectivity index (χ3v) is 3.86. The Hall–Kier alpha value is -1.32. The van der Waals surface area contributed by atoms with E-state index in [0.29, 0.717) is 6.54 Å². The Morgan fingerprint density at radius 3 is 2.74 bits per heavy atom. The van der Waals surface area contributed by atoms with Gasteiger partial charge in [-0.2, -0.15) is 0 Å². The van der Waals surface area contributed by atoms with Crippen molar-refractivity contribution in [2.45, 2.75) is 6.54 Å². The average molecular weight is 339 g/mol. The SMILES string of the molecule is Fc1ccc(Cn2ccc3ccc(Br)cc32)cc1Cl. The summed E-state index contributed by atoms with van der Waals surface area (Å²) in [5, 5.41) is 1.34. The molecule has 0 aliphatic heterocycles. The van der Waals surface area contributed by atoms with Crippen molar-refractivity contribution in [3.8, 4) is 0 Å². The first-order valence-corrected chi connectivity index (χ1v) is 6.99. The third-order valence-electron chi connectivity index (χ3n) is 3.07. The van der Waals surface area contributed by atoms with Gasteiger partial charge in [-0.25, -0.2) is 4.39 Å². The first kappa shape index (κ1) is 12.7. The van der Waals surface area contributed by atoms with Crippen LogP contribution >= 0.6 is 27.5 Å². The molecule has 0 saturated heterocycles. The zero-order chi connectivity index (χ0) is 13.4. The van der Waals surface area contributed by atoms with Gasteiger partial charge in [0.2, 0.25) is 0 Å². The molecular weight excluding hydrogens is 329 g/mol. The van der Waals surface area contributed by atoms with Crippen LogP contribution in [-0.4, -0.2) is 4.57 Å². The Kier molecular flexibility index (Phi) is 3.33. The summed E-state index contributed by atoms with van der Waals surface area (Å²) < 4.78 is 16.3. The maximum absolute atomic E-state index is 13.1. The summed E-state index contributed by atoms with van der Waals surface area (Å²) >= 11 is 9.28. The molecule has 0 atom stereocenters. The number of aromatic nitrogens is 1. The lowest BCUT2D eigenvalue weighted by Gasteiger charge is -2.07. The molecule has 1 nitrogen and oxygen atoms in total. The second kappa shape index (κ2) is 4.99. The van der Waals surface area contributed by atoms with Crippen LogP contribution in [0, 0.1) is 5.82 Å². The summed E-state index contributed by atoms with van der Waals surface area (Å²) in [6.45, 7) is 0.667. The Morgan fingerprint density at radius 1 is 1.11 bits per heavy atom. The van der Waals surface area contributed by atoms with E-state index < -0.39 is 0 Å². The van der Waals surface area contributed by atoms with E-state index in [-0.39, 0.29) is 10.8 Å². The molecule has 0 N–H and O–H groups in total. The van der Waals surface area contributed by atoms with Crippen molar-refractivity contribution in [1.29, 1.82) is 0 Å². The fourth-order valence-corrected chi connectivity index (χ4v) is 2.68. The predicted octanol–water partition coefficient (Wildman–Crippen LogP) is 5.24. The number of rotatable bonds is 2. The van der Waals surface area contributed by atoms with Crippen LogP contribution in [-0.2, 0) is 6.54 Å². The van der Waals surface area contributed by atoms with Gasteiger partial charge in [-0.3, -0.25) is 0 Å². The summed E-state index contributed by atoms with van der Waals surface area (Å²) in [4.78, 5) is 0. The van der Waals surface area contributed by atoms with Gasteiger partial charge in [0.25, 0.3) is 0 Å². The Labute approximate surface area is 123 Å². The second-order valence-corrected chi connectivity index (χ2v) is 5.72. The minimum absolute atomic E-state index is 0.162. The van der Waals surface area contributed by atoms with E-state index in [0.717, 1.165) is 15.6 Å². The molecule has 0 spiro atoms. The van der Waals surface area contributed by atoms with Gasteiger partial charge in [0.1, 0.15) is 5.82 Å². The van der Waals surface area contributed by atoms with Crippen LogP contribution < -0.4 is 0 Å². The zero-order valence-electron chi connectivity index (χ0n) is 9.91. The van der Waals surface area contributed by atoms with Crippen LogP contribution in [0.2, 0.25) is 5.02 Å². The lowest BCUT2D eigenvalue weighted by Crippen LogP contribution is -1.98. The molecule has 4 heteroatoms. The summed E-state index contributed by atoms with van der Waals surface area (Å²) in [5.41, 5.74) is 2.11. The number of nitrogens with zero attached hydrogens (tertiary/aromatic N) is 1. The van der Waals surface area contributed by atoms with Gasteiger partial charge in [0, 0.05) is 22.7 Å². The van der Waals surface area contributed by atoms with E-state index >= 15 is 0 Å². The van der Waals surface area contributed by atoms with Gasteiger partial charge in [-0.15, -0.1) is 0 Å². The molecule has 0 unspecified atom stereocenters. The van der Waals surface area contributed by atoms with Crippen molar-refractivity contribution in [3.63, 3.8) is 0 Å². The smallest absolute Gasteiger partial charge is 0.141 e. The lowest BCUT2D eigenvalue weighted by molar-refractivity contribution is 0.627. The largest absolute Gasteiger partial charge is 0.343 e. The van der Waals surface area contributed by atoms with Crippen LogP contribution in [0.1, 0.15) is 5.56 Å². The fourth-order valence-electron chi connectivity index (χ4n) is 2.13. The average Bonchev–Trinajstić information content (AvgIpc) is 2.77. The quantitative estimate of drug-likeness (QED) is 0.602. The van der Waals surface area contributed by atoms with Gasteiger partial charge in [-0.05, 0) is 41.3 Å². The lowest BCUT2D eigenvalue weighted by atomic mass is 10.2. The predicted molar refractivity (Wildman–Crippen MR) is 80.2 cm³/mol. The topological polar surface area (TPSA) is 4.93 Å². The van der Waals surface area contributed by atoms with Crippen LogP contribution in [0.5, 0.6) is 0 Å². The van der Waals surface area contributed by atoms with Gasteiger partial charge >= 0.3 is 0 Å². The normalized spacial score (nSPS) is 11.1. The van der Waals surface area contributed by atoms with Crippen LogP contribution in [0.15, 0.2) is 53.1 Å². The Bertz CT molecular complexity index is 751. The summed E-state index contributed by atoms with van der Waals surface area (Å²) in [6.07, 6.45) is 2.02. The standard InChI is InChI=1S/C15H10BrClFN/c16-12-3-2-11-5-6-19(15(11)8-12)9-10-1-4-14(18)13(17)7-10/h1-8H,9H2. The number of benzene rings is 2. The van der Waals surface area contributed by atoms with Gasteiger partial charge < -0.3 is 4.57 Å². The van der Waals surface area contributed by atoms with Gasteiger partial charge in [-0.1, -0.05) is 39.7 Å². The molecule has 0 aliphatic carbocycles. The van der Waals surface area contributed by atoms with Crippen LogP contribution in [0.3, 0.4) is 0 Å². The first-order valence-electron chi connectivity index (χ1n) is 5.82. The molecule has 0 saturated carbocycles. The monoisotopic (exact) mass is 337 g/mol. The molecule has 0 fully saturated rings. The minimum atomic E-state index is -0.384. The number of hydrogen-bond donors (Lipinski definition) is 0. The maximum Gasteiger partial charge on any atom is 0.141 e. The molecular formula is C15H10BrClFN. The number of fused-ring (bicyclic) bond motifs is 1. The van der Waals surface area contributed by atoms with Gasteiger partial charge in [0.05, 0.1) is 5.02 Å². The minimum Gasteiger partial charge on any atom is -0.343 e. The second-order valence-electron chi connectivity index (χ2n) is 4.40. The van der Waals surface area contributed by atoms with Crippen molar-refractivity contribution >= 4 is 38.4 Å². The Balaban J connectivity index is 2.00. The molecule has 0 radical (unpaired) electrons. The molecule has 0 amide bonds. The fraction of sp³-hybridized carbons (Fsp3) is 0.0667. The molecule has 1 aromatic heterocycles. The van der Waals surface area contributed by atoms with Gasteiger partial charge in [0.15, 0.2) is 0 Å². The van der Waals surface area contributed by atoms with Crippen molar-refractivity contribution < 1.29 is 4.39 Å². The summed E-state index contributed by atoms with van der Waals surface area (Å²) in [7, 11) is 0. The molecule has 3 aromatic rings. The summed E-state index contributed by atoms with van der Waals surface area (Å²) in [5.74, 6) is -0.384. The Morgan fingerprint density at radius 2 is 1.95 bits per heavy atom. The van der Waals surface area contributed by atoms with E-state index in [9.17, 15) is 4.39 Å². The van der Waals surface area contributed by atoms with E-state index in [2.05, 4.69) is 38.7 Å². The van der Waals surface area contributed by atoms with Crippen molar-refractivity contribution in [1.82, 2.24) is 4.57 Å². The molecule has 1 heterocycles. The number of hydrogen-bond acceptors (Lipinski definition) is 0. The van der Waals surface area contributed by atoms with E-state index in [1.807, 2.05) is 12.3 Å². The summed E-state index contributed by atoms with van der Waals surface area (Å²) in [6, 6.07) is 13.0. The molecule has 3 rings (SSSR count). The molecule has 19 heavy (non-hydrogen) atoms. The highest BCUT2D eigenvalue weighted by Gasteiger charge is 2.05. The molecule has 2 aromatic carbocycles. The van der Waals surface area contributed by atoms with Crippen LogP contribution in [0.25, 0.3) is 10.9 Å².